The SMILES string of the molecule is CC(C)(C)c1nnc(N2CCC[C@@H]2C(=O)O)s1. The summed E-state index contributed by atoms with van der Waals surface area (Å²) < 4.78 is 0. The number of rotatable bonds is 2. The van der Waals surface area contributed by atoms with E-state index in [0.717, 1.165) is 23.1 Å². The molecule has 17 heavy (non-hydrogen) atoms. The summed E-state index contributed by atoms with van der Waals surface area (Å²) in [6.07, 6.45) is 1.60. The number of aromatic nitrogens is 2. The third kappa shape index (κ3) is 2.41. The standard InChI is InChI=1S/C11H17N3O2S/c1-11(2,3)9-12-13-10(17-9)14-6-4-5-7(14)8(15)16/h7H,4-6H2,1-3H3,(H,15,16)/t7-/m1/s1. The zero-order valence-electron chi connectivity index (χ0n) is 10.3. The molecule has 1 aliphatic rings. The third-order valence-electron chi connectivity index (χ3n) is 2.84. The molecule has 2 heterocycles. The van der Waals surface area contributed by atoms with Crippen LogP contribution in [0.3, 0.4) is 0 Å². The van der Waals surface area contributed by atoms with Crippen LogP contribution in [0, 0.1) is 0 Å². The summed E-state index contributed by atoms with van der Waals surface area (Å²) in [6.45, 7) is 7.00. The van der Waals surface area contributed by atoms with Gasteiger partial charge in [-0.25, -0.2) is 4.79 Å². The number of anilines is 1. The van der Waals surface area contributed by atoms with Gasteiger partial charge in [-0.15, -0.1) is 10.2 Å². The van der Waals surface area contributed by atoms with Crippen molar-refractivity contribution in [2.24, 2.45) is 0 Å². The first-order valence-corrected chi connectivity index (χ1v) is 6.54. The number of hydrogen-bond acceptors (Lipinski definition) is 5. The van der Waals surface area contributed by atoms with Crippen molar-refractivity contribution >= 4 is 22.4 Å². The van der Waals surface area contributed by atoms with Gasteiger partial charge in [0.1, 0.15) is 11.0 Å². The van der Waals surface area contributed by atoms with Crippen molar-refractivity contribution in [3.63, 3.8) is 0 Å². The van der Waals surface area contributed by atoms with Crippen molar-refractivity contribution in [2.75, 3.05) is 11.4 Å². The van der Waals surface area contributed by atoms with Gasteiger partial charge in [0.05, 0.1) is 0 Å². The van der Waals surface area contributed by atoms with Gasteiger partial charge in [-0.2, -0.15) is 0 Å². The van der Waals surface area contributed by atoms with Crippen molar-refractivity contribution in [3.8, 4) is 0 Å². The molecule has 0 aliphatic carbocycles. The molecule has 0 amide bonds. The fraction of sp³-hybridized carbons (Fsp3) is 0.727. The molecule has 94 valence electrons. The van der Waals surface area contributed by atoms with Crippen LogP contribution in [0.5, 0.6) is 0 Å². The van der Waals surface area contributed by atoms with E-state index in [1.165, 1.54) is 11.3 Å². The molecule has 1 atom stereocenters. The average Bonchev–Trinajstić information content (AvgIpc) is 2.85. The van der Waals surface area contributed by atoms with Crippen molar-refractivity contribution in [1.29, 1.82) is 0 Å². The fourth-order valence-electron chi connectivity index (χ4n) is 1.89. The number of carboxylic acids is 1. The van der Waals surface area contributed by atoms with Gasteiger partial charge in [0.25, 0.3) is 0 Å². The minimum Gasteiger partial charge on any atom is -0.480 e. The molecule has 1 aromatic heterocycles. The summed E-state index contributed by atoms with van der Waals surface area (Å²) >= 11 is 1.50. The predicted octanol–water partition coefficient (Wildman–Crippen LogP) is 1.89. The molecule has 1 aromatic rings. The molecular weight excluding hydrogens is 238 g/mol. The maximum atomic E-state index is 11.1. The molecule has 2 rings (SSSR count). The second kappa shape index (κ2) is 4.25. The van der Waals surface area contributed by atoms with Crippen LogP contribution in [-0.2, 0) is 10.2 Å². The Hall–Kier alpha value is -1.17. The summed E-state index contributed by atoms with van der Waals surface area (Å²) in [5.41, 5.74) is -0.0334. The normalized spacial score (nSPS) is 20.9. The van der Waals surface area contributed by atoms with Gasteiger partial charge in [-0.1, -0.05) is 32.1 Å². The molecular formula is C11H17N3O2S. The Morgan fingerprint density at radius 3 is 2.71 bits per heavy atom. The number of carbonyl (C=O) groups is 1. The zero-order chi connectivity index (χ0) is 12.6. The van der Waals surface area contributed by atoms with E-state index in [-0.39, 0.29) is 5.41 Å². The molecule has 0 aromatic carbocycles. The van der Waals surface area contributed by atoms with Gasteiger partial charge in [-0.3, -0.25) is 0 Å². The molecule has 5 nitrogen and oxygen atoms in total. The predicted molar refractivity (Wildman–Crippen MR) is 66.6 cm³/mol. The quantitative estimate of drug-likeness (QED) is 0.874. The number of nitrogens with zero attached hydrogens (tertiary/aromatic N) is 3. The summed E-state index contributed by atoms with van der Waals surface area (Å²) in [5, 5.41) is 19.1. The van der Waals surface area contributed by atoms with Crippen LogP contribution in [0.15, 0.2) is 0 Å². The van der Waals surface area contributed by atoms with Crippen LogP contribution in [-0.4, -0.2) is 33.9 Å². The molecule has 0 saturated carbocycles. The molecule has 1 fully saturated rings. The highest BCUT2D eigenvalue weighted by Gasteiger charge is 2.33. The minimum atomic E-state index is -0.769. The van der Waals surface area contributed by atoms with Crippen molar-refractivity contribution in [3.05, 3.63) is 5.01 Å². The highest BCUT2D eigenvalue weighted by Crippen LogP contribution is 2.33. The monoisotopic (exact) mass is 255 g/mol. The Kier molecular flexibility index (Phi) is 3.07. The lowest BCUT2D eigenvalue weighted by atomic mass is 9.98. The molecule has 1 saturated heterocycles. The number of aliphatic carboxylic acids is 1. The Labute approximate surface area is 104 Å². The zero-order valence-corrected chi connectivity index (χ0v) is 11.1. The Bertz CT molecular complexity index is 425. The lowest BCUT2D eigenvalue weighted by Crippen LogP contribution is -2.35. The van der Waals surface area contributed by atoms with E-state index in [2.05, 4.69) is 31.0 Å². The smallest absolute Gasteiger partial charge is 0.326 e. The maximum absolute atomic E-state index is 11.1. The average molecular weight is 255 g/mol. The maximum Gasteiger partial charge on any atom is 0.326 e. The minimum absolute atomic E-state index is 0.0334. The molecule has 0 bridgehead atoms. The van der Waals surface area contributed by atoms with E-state index in [1.807, 2.05) is 4.90 Å². The number of hydrogen-bond donors (Lipinski definition) is 1. The van der Waals surface area contributed by atoms with E-state index in [1.54, 1.807) is 0 Å². The van der Waals surface area contributed by atoms with Crippen molar-refractivity contribution in [1.82, 2.24) is 10.2 Å². The topological polar surface area (TPSA) is 66.3 Å². The Balaban J connectivity index is 2.23. The highest BCUT2D eigenvalue weighted by molar-refractivity contribution is 7.15. The highest BCUT2D eigenvalue weighted by atomic mass is 32.1. The summed E-state index contributed by atoms with van der Waals surface area (Å²) in [7, 11) is 0. The molecule has 0 unspecified atom stereocenters. The van der Waals surface area contributed by atoms with Crippen LogP contribution in [0.2, 0.25) is 0 Å². The molecule has 0 radical (unpaired) electrons. The van der Waals surface area contributed by atoms with Gasteiger partial charge in [0, 0.05) is 12.0 Å². The molecule has 1 aliphatic heterocycles. The summed E-state index contributed by atoms with van der Waals surface area (Å²) in [5.74, 6) is -0.769. The first kappa shape index (κ1) is 12.3. The van der Waals surface area contributed by atoms with Crippen LogP contribution in [0.25, 0.3) is 0 Å². The van der Waals surface area contributed by atoms with E-state index >= 15 is 0 Å². The second-order valence-corrected chi connectivity index (χ2v) is 6.29. The van der Waals surface area contributed by atoms with Gasteiger partial charge >= 0.3 is 5.97 Å². The first-order valence-electron chi connectivity index (χ1n) is 5.73. The molecule has 0 spiro atoms. The van der Waals surface area contributed by atoms with Gasteiger partial charge < -0.3 is 10.0 Å². The van der Waals surface area contributed by atoms with Gasteiger partial charge in [0.2, 0.25) is 5.13 Å². The van der Waals surface area contributed by atoms with Crippen LogP contribution in [0.4, 0.5) is 5.13 Å². The van der Waals surface area contributed by atoms with E-state index in [4.69, 9.17) is 5.11 Å². The Morgan fingerprint density at radius 2 is 2.18 bits per heavy atom. The summed E-state index contributed by atoms with van der Waals surface area (Å²) in [6, 6.07) is -0.434. The van der Waals surface area contributed by atoms with Crippen LogP contribution >= 0.6 is 11.3 Å². The van der Waals surface area contributed by atoms with Crippen molar-refractivity contribution < 1.29 is 9.90 Å². The van der Waals surface area contributed by atoms with E-state index in [9.17, 15) is 4.79 Å². The Morgan fingerprint density at radius 1 is 1.47 bits per heavy atom. The van der Waals surface area contributed by atoms with Gasteiger partial charge in [-0.05, 0) is 12.8 Å². The molecule has 6 heteroatoms. The summed E-state index contributed by atoms with van der Waals surface area (Å²) in [4.78, 5) is 13.0. The van der Waals surface area contributed by atoms with Gasteiger partial charge in [0.15, 0.2) is 0 Å². The van der Waals surface area contributed by atoms with E-state index in [0.29, 0.717) is 6.42 Å². The largest absolute Gasteiger partial charge is 0.480 e. The van der Waals surface area contributed by atoms with Crippen LogP contribution < -0.4 is 4.90 Å². The van der Waals surface area contributed by atoms with Crippen LogP contribution in [0.1, 0.15) is 38.6 Å². The molecule has 1 N–H and O–H groups in total. The lowest BCUT2D eigenvalue weighted by molar-refractivity contribution is -0.138. The third-order valence-corrected chi connectivity index (χ3v) is 4.23. The second-order valence-electron chi connectivity index (χ2n) is 5.33. The van der Waals surface area contributed by atoms with E-state index < -0.39 is 12.0 Å². The fourth-order valence-corrected chi connectivity index (χ4v) is 2.87. The first-order chi connectivity index (χ1) is 7.89. The number of carboxylic acid groups (broad SMARTS) is 1. The van der Waals surface area contributed by atoms with Crippen molar-refractivity contribution in [2.45, 2.75) is 45.1 Å². The lowest BCUT2D eigenvalue weighted by Gasteiger charge is -2.19.